The second-order valence-corrected chi connectivity index (χ2v) is 11.2. The molecule has 0 spiro atoms. The average molecular weight is 641 g/mol. The van der Waals surface area contributed by atoms with Gasteiger partial charge in [-0.25, -0.2) is 8.60 Å². The lowest BCUT2D eigenvalue weighted by Crippen LogP contribution is -2.54. The van der Waals surface area contributed by atoms with Crippen molar-refractivity contribution in [1.29, 1.82) is 0 Å². The van der Waals surface area contributed by atoms with Gasteiger partial charge in [0.2, 0.25) is 5.91 Å². The number of primary amides is 1. The van der Waals surface area contributed by atoms with E-state index in [9.17, 15) is 44.8 Å². The quantitative estimate of drug-likeness (QED) is 0.286. The molecule has 0 saturated heterocycles. The zero-order chi connectivity index (χ0) is 33.0. The number of hydrogen-bond acceptors (Lipinski definition) is 4. The van der Waals surface area contributed by atoms with Crippen LogP contribution in [0.25, 0.3) is 0 Å². The number of nitrogens with zero attached hydrogens (tertiary/aromatic N) is 1. The molecule has 0 aromatic heterocycles. The Morgan fingerprint density at radius 2 is 1.49 bits per heavy atom. The van der Waals surface area contributed by atoms with Crippen molar-refractivity contribution in [3.05, 3.63) is 59.4 Å². The van der Waals surface area contributed by atoms with E-state index in [2.05, 4.69) is 18.6 Å². The first-order chi connectivity index (χ1) is 20.0. The largest absolute Gasteiger partial charge is 0.430 e. The molecular formula is C29H35F7N2O4S. The van der Waals surface area contributed by atoms with Crippen LogP contribution >= 0.6 is 0 Å². The monoisotopic (exact) mass is 640 g/mol. The Kier molecular flexibility index (Phi) is 14.6. The summed E-state index contributed by atoms with van der Waals surface area (Å²) in [5.41, 5.74) is -1.62. The number of fused-ring (bicyclic) bond motifs is 1. The summed E-state index contributed by atoms with van der Waals surface area (Å²) in [6.07, 6.45) is 3.08. The number of hydrogen-bond donors (Lipinski definition) is 3. The number of anilines is 1. The third-order valence-corrected chi connectivity index (χ3v) is 8.05. The predicted octanol–water partition coefficient (Wildman–Crippen LogP) is 5.91. The molecule has 2 aliphatic rings. The number of halogens is 7. The number of aliphatic hydroxyl groups excluding tert-OH is 1. The zero-order valence-electron chi connectivity index (χ0n) is 23.4. The van der Waals surface area contributed by atoms with Crippen LogP contribution in [-0.2, 0) is 27.8 Å². The van der Waals surface area contributed by atoms with Crippen molar-refractivity contribution in [1.82, 2.24) is 0 Å². The molecule has 1 unspecified atom stereocenters. The minimum atomic E-state index is -5.98. The lowest BCUT2D eigenvalue weighted by molar-refractivity contribution is -0.376. The first-order valence-electron chi connectivity index (χ1n) is 13.2. The molecule has 43 heavy (non-hydrogen) atoms. The highest BCUT2D eigenvalue weighted by molar-refractivity contribution is 7.86. The Hall–Kier alpha value is -3.15. The van der Waals surface area contributed by atoms with Gasteiger partial charge < -0.3 is 15.9 Å². The van der Waals surface area contributed by atoms with E-state index in [1.807, 2.05) is 0 Å². The fraction of sp³-hybridized carbons (Fsp3) is 0.483. The fourth-order valence-corrected chi connectivity index (χ4v) is 5.77. The SMILES string of the molecule is C#C.CC(N)=O.O=S(c1ccc(F)cc1)N1CCCc2cc(C(O)(C(F)(F)F)C(F)(F)F)ccc21.OCC1CCCCC1. The van der Waals surface area contributed by atoms with E-state index in [0.717, 1.165) is 18.2 Å². The maximum atomic E-state index is 13.1. The number of carbonyl (C=O) groups is 1. The number of alkyl halides is 6. The molecule has 1 atom stereocenters. The molecule has 1 amide bonds. The molecule has 14 heteroatoms. The highest BCUT2D eigenvalue weighted by Crippen LogP contribution is 2.51. The minimum Gasteiger partial charge on any atom is -0.396 e. The average Bonchev–Trinajstić information content (AvgIpc) is 2.96. The van der Waals surface area contributed by atoms with Gasteiger partial charge in [0, 0.05) is 25.6 Å². The van der Waals surface area contributed by atoms with Crippen LogP contribution in [0.2, 0.25) is 0 Å². The van der Waals surface area contributed by atoms with Gasteiger partial charge in [-0.05, 0) is 67.5 Å². The smallest absolute Gasteiger partial charge is 0.396 e. The number of rotatable bonds is 4. The van der Waals surface area contributed by atoms with E-state index in [1.54, 1.807) is 0 Å². The van der Waals surface area contributed by atoms with E-state index >= 15 is 0 Å². The fourth-order valence-electron chi connectivity index (χ4n) is 4.50. The number of terminal acetylenes is 1. The summed E-state index contributed by atoms with van der Waals surface area (Å²) in [6, 6.07) is 6.89. The number of aryl methyl sites for hydroxylation is 1. The summed E-state index contributed by atoms with van der Waals surface area (Å²) in [6.45, 7) is 1.96. The lowest BCUT2D eigenvalue weighted by Gasteiger charge is -2.35. The van der Waals surface area contributed by atoms with Gasteiger partial charge in [-0.2, -0.15) is 26.3 Å². The minimum absolute atomic E-state index is 0.0936. The molecular weight excluding hydrogens is 605 g/mol. The zero-order valence-corrected chi connectivity index (χ0v) is 24.2. The summed E-state index contributed by atoms with van der Waals surface area (Å²) in [4.78, 5) is 9.45. The summed E-state index contributed by atoms with van der Waals surface area (Å²) in [5.74, 6) is -0.239. The Labute approximate surface area is 248 Å². The van der Waals surface area contributed by atoms with E-state index in [1.165, 1.54) is 55.5 Å². The van der Waals surface area contributed by atoms with Gasteiger partial charge in [-0.3, -0.25) is 9.10 Å². The van der Waals surface area contributed by atoms with Crippen LogP contribution in [0, 0.1) is 24.6 Å². The number of aliphatic hydroxyl groups is 2. The molecule has 1 aliphatic carbocycles. The second-order valence-electron chi connectivity index (χ2n) is 9.76. The van der Waals surface area contributed by atoms with Crippen LogP contribution in [0.1, 0.15) is 56.6 Å². The first kappa shape index (κ1) is 37.9. The van der Waals surface area contributed by atoms with E-state index in [0.29, 0.717) is 31.1 Å². The van der Waals surface area contributed by atoms with Crippen LogP contribution in [0.3, 0.4) is 0 Å². The van der Waals surface area contributed by atoms with E-state index < -0.39 is 40.3 Å². The Balaban J connectivity index is 0.000000547. The summed E-state index contributed by atoms with van der Waals surface area (Å²) in [5, 5.41) is 18.3. The van der Waals surface area contributed by atoms with Crippen LogP contribution in [0.4, 0.5) is 36.4 Å². The molecule has 1 aliphatic heterocycles. The molecule has 1 fully saturated rings. The molecule has 6 nitrogen and oxygen atoms in total. The Bertz CT molecular complexity index is 1190. The van der Waals surface area contributed by atoms with Crippen molar-refractivity contribution in [2.24, 2.45) is 11.7 Å². The molecule has 4 N–H and O–H groups in total. The van der Waals surface area contributed by atoms with Gasteiger partial charge in [0.15, 0.2) is 11.0 Å². The van der Waals surface area contributed by atoms with Gasteiger partial charge in [-0.15, -0.1) is 12.8 Å². The van der Waals surface area contributed by atoms with Crippen LogP contribution in [0.15, 0.2) is 47.4 Å². The topological polar surface area (TPSA) is 104 Å². The standard InChI is InChI=1S/C18H14F7NO2S.C7H14O.C2H5NO.C2H2/c19-13-4-6-14(7-5-13)29(28)26-9-1-2-11-10-12(3-8-15(11)26)16(27,17(20,21)22)18(23,24)25;8-6-7-4-2-1-3-5-7;1-2(3)4;1-2/h3-8,10,27H,1-2,9H2;7-8H,1-6H2;1H3,(H2,3,4);1-2H. The molecule has 1 saturated carbocycles. The van der Waals surface area contributed by atoms with Crippen LogP contribution < -0.4 is 10.0 Å². The maximum absolute atomic E-state index is 13.1. The normalized spacial score (nSPS) is 16.1. The first-order valence-corrected chi connectivity index (χ1v) is 14.3. The van der Waals surface area contributed by atoms with Gasteiger partial charge in [0.25, 0.3) is 5.60 Å². The summed E-state index contributed by atoms with van der Waals surface area (Å²) >= 11 is 0. The highest BCUT2D eigenvalue weighted by atomic mass is 32.2. The predicted molar refractivity (Wildman–Crippen MR) is 149 cm³/mol. The molecule has 240 valence electrons. The third-order valence-electron chi connectivity index (χ3n) is 6.59. The maximum Gasteiger partial charge on any atom is 0.430 e. The van der Waals surface area contributed by atoms with E-state index in [4.69, 9.17) is 5.11 Å². The van der Waals surface area contributed by atoms with Gasteiger partial charge in [0.1, 0.15) is 5.82 Å². The summed E-state index contributed by atoms with van der Waals surface area (Å²) < 4.78 is 106. The van der Waals surface area contributed by atoms with Crippen molar-refractivity contribution in [2.45, 2.75) is 74.7 Å². The van der Waals surface area contributed by atoms with Crippen LogP contribution in [0.5, 0.6) is 0 Å². The van der Waals surface area contributed by atoms with Crippen molar-refractivity contribution in [3.8, 4) is 12.8 Å². The second kappa shape index (κ2) is 16.6. The Morgan fingerprint density at radius 3 is 1.93 bits per heavy atom. The van der Waals surface area contributed by atoms with Gasteiger partial charge in [-0.1, -0.05) is 31.4 Å². The third kappa shape index (κ3) is 10.2. The molecule has 4 rings (SSSR count). The van der Waals surface area contributed by atoms with Crippen molar-refractivity contribution < 1.29 is 49.9 Å². The molecule has 1 heterocycles. The molecule has 0 radical (unpaired) electrons. The highest BCUT2D eigenvalue weighted by Gasteiger charge is 2.71. The van der Waals surface area contributed by atoms with Gasteiger partial charge >= 0.3 is 12.4 Å². The molecule has 2 aromatic rings. The van der Waals surface area contributed by atoms with Crippen LogP contribution in [-0.4, -0.2) is 45.8 Å². The van der Waals surface area contributed by atoms with Crippen molar-refractivity contribution >= 4 is 22.6 Å². The van der Waals surface area contributed by atoms with Gasteiger partial charge in [0.05, 0.1) is 10.6 Å². The van der Waals surface area contributed by atoms with Crippen molar-refractivity contribution in [2.75, 3.05) is 17.5 Å². The van der Waals surface area contributed by atoms with Crippen molar-refractivity contribution in [3.63, 3.8) is 0 Å². The number of nitrogens with two attached hydrogens (primary N) is 1. The lowest BCUT2D eigenvalue weighted by atomic mass is 9.89. The molecule has 0 bridgehead atoms. The Morgan fingerprint density at radius 1 is 0.977 bits per heavy atom. The number of amides is 1. The number of benzene rings is 2. The molecule has 2 aromatic carbocycles. The van der Waals surface area contributed by atoms with E-state index in [-0.39, 0.29) is 35.0 Å². The number of carbonyl (C=O) groups excluding carboxylic acids is 1. The summed E-state index contributed by atoms with van der Waals surface area (Å²) in [7, 11) is -1.84.